The van der Waals surface area contributed by atoms with Crippen LogP contribution in [0.5, 0.6) is 0 Å². The topological polar surface area (TPSA) is 46.9 Å². The van der Waals surface area contributed by atoms with Crippen LogP contribution in [0.4, 0.5) is 5.69 Å². The lowest BCUT2D eigenvalue weighted by molar-refractivity contribution is 0.384. The van der Waals surface area contributed by atoms with E-state index in [1.54, 1.807) is 0 Å². The minimum Gasteiger partial charge on any atom is -0.309 e. The Balaban J connectivity index is 1.92. The molecule has 1 atom stereocenters. The van der Waals surface area contributed by atoms with Crippen LogP contribution in [0.25, 0.3) is 0 Å². The lowest BCUT2D eigenvalue weighted by Crippen LogP contribution is -2.39. The molecule has 0 saturated heterocycles. The van der Waals surface area contributed by atoms with Crippen molar-refractivity contribution in [2.45, 2.75) is 37.4 Å². The van der Waals surface area contributed by atoms with Gasteiger partial charge in [0, 0.05) is 5.70 Å². The zero-order valence-electron chi connectivity index (χ0n) is 14.6. The Kier molecular flexibility index (Phi) is 5.35. The largest absolute Gasteiger partial charge is 0.309 e. The zero-order valence-corrected chi connectivity index (χ0v) is 15.4. The second-order valence-corrected chi connectivity index (χ2v) is 9.03. The van der Waals surface area contributed by atoms with Crippen LogP contribution in [0, 0.1) is 0 Å². The van der Waals surface area contributed by atoms with E-state index in [0.717, 1.165) is 50.0 Å². The number of hydrogen-bond donors (Lipinski definition) is 2. The fourth-order valence-electron chi connectivity index (χ4n) is 3.56. The van der Waals surface area contributed by atoms with Crippen LogP contribution in [0.3, 0.4) is 0 Å². The van der Waals surface area contributed by atoms with Crippen molar-refractivity contribution in [3.05, 3.63) is 53.8 Å². The third-order valence-electron chi connectivity index (χ3n) is 4.77. The number of rotatable bonds is 5. The number of nitrogens with zero attached hydrogens (tertiary/aromatic N) is 2. The first-order valence-corrected chi connectivity index (χ1v) is 10.2. The van der Waals surface area contributed by atoms with Gasteiger partial charge >= 0.3 is 0 Å². The molecule has 5 heteroatoms. The molecule has 1 aromatic rings. The minimum atomic E-state index is -2.86. The molecule has 0 bridgehead atoms. The van der Waals surface area contributed by atoms with Crippen molar-refractivity contribution < 1.29 is 9.11 Å². The van der Waals surface area contributed by atoms with Crippen molar-refractivity contribution in [1.29, 1.82) is 0 Å². The number of allylic oxidation sites excluding steroid dienone is 4. The molecule has 1 aromatic carbocycles. The maximum Gasteiger partial charge on any atom is 0.0733 e. The lowest BCUT2D eigenvalue weighted by atomic mass is 9.97. The van der Waals surface area contributed by atoms with Crippen molar-refractivity contribution >= 4 is 16.5 Å². The van der Waals surface area contributed by atoms with E-state index < -0.39 is 10.8 Å². The predicted molar refractivity (Wildman–Crippen MR) is 103 cm³/mol. The molecule has 132 valence electrons. The van der Waals surface area contributed by atoms with Gasteiger partial charge in [-0.25, -0.2) is 4.31 Å². The summed E-state index contributed by atoms with van der Waals surface area (Å²) in [6, 6.07) is 9.82. The van der Waals surface area contributed by atoms with Crippen molar-refractivity contribution in [1.82, 2.24) is 4.90 Å². The lowest BCUT2D eigenvalue weighted by Gasteiger charge is -2.54. The summed E-state index contributed by atoms with van der Waals surface area (Å²) in [6.07, 6.45) is 8.80. The van der Waals surface area contributed by atoms with E-state index in [0.29, 0.717) is 0 Å². The van der Waals surface area contributed by atoms with E-state index >= 15 is 0 Å². The van der Waals surface area contributed by atoms with Gasteiger partial charge in [0.25, 0.3) is 0 Å². The van der Waals surface area contributed by atoms with Crippen LogP contribution in [0.2, 0.25) is 0 Å². The summed E-state index contributed by atoms with van der Waals surface area (Å²) < 4.78 is 24.1. The summed E-state index contributed by atoms with van der Waals surface area (Å²) in [6.45, 7) is 0.971. The van der Waals surface area contributed by atoms with E-state index in [1.807, 2.05) is 34.6 Å². The Morgan fingerprint density at radius 3 is 2.67 bits per heavy atom. The van der Waals surface area contributed by atoms with Gasteiger partial charge in [0.05, 0.1) is 10.9 Å². The third kappa shape index (κ3) is 3.54. The number of benzene rings is 1. The summed E-state index contributed by atoms with van der Waals surface area (Å²) in [5.74, 6) is 0. The highest BCUT2D eigenvalue weighted by Gasteiger charge is 2.40. The first-order valence-electron chi connectivity index (χ1n) is 8.66. The summed E-state index contributed by atoms with van der Waals surface area (Å²) in [7, 11) is 1.25. The molecule has 1 heterocycles. The fourth-order valence-corrected chi connectivity index (χ4v) is 5.71. The van der Waals surface area contributed by atoms with Gasteiger partial charge in [-0.15, -0.1) is 10.8 Å². The second kappa shape index (κ2) is 7.31. The highest BCUT2D eigenvalue weighted by atomic mass is 32.3. The van der Waals surface area contributed by atoms with E-state index in [2.05, 4.69) is 31.1 Å². The quantitative estimate of drug-likeness (QED) is 0.796. The third-order valence-corrected chi connectivity index (χ3v) is 7.03. The van der Waals surface area contributed by atoms with Gasteiger partial charge in [-0.3, -0.25) is 9.11 Å². The highest BCUT2D eigenvalue weighted by Crippen LogP contribution is 2.60. The Morgan fingerprint density at radius 2 is 1.96 bits per heavy atom. The molecule has 0 amide bonds. The Labute approximate surface area is 147 Å². The van der Waals surface area contributed by atoms with Crippen LogP contribution < -0.4 is 4.31 Å². The molecular weight excluding hydrogens is 320 g/mol. The van der Waals surface area contributed by atoms with Crippen LogP contribution in [0.15, 0.2) is 53.8 Å². The van der Waals surface area contributed by atoms with Crippen molar-refractivity contribution in [3.8, 4) is 0 Å². The predicted octanol–water partition coefficient (Wildman–Crippen LogP) is 4.88. The molecule has 4 nitrogen and oxygen atoms in total. The maximum atomic E-state index is 11.1. The van der Waals surface area contributed by atoms with Gasteiger partial charge in [0.1, 0.15) is 0 Å². The molecule has 0 fully saturated rings. The smallest absolute Gasteiger partial charge is 0.0733 e. The normalized spacial score (nSPS) is 24.2. The van der Waals surface area contributed by atoms with Gasteiger partial charge in [0.2, 0.25) is 0 Å². The summed E-state index contributed by atoms with van der Waals surface area (Å²) in [5, 5.41) is -0.112. The SMILES string of the molecule is CN(C)CCCC1CC2=C(CCC=C2)N(c2ccccc2)S1(O)O. The summed E-state index contributed by atoms with van der Waals surface area (Å²) in [4.78, 5) is 2.15. The maximum absolute atomic E-state index is 11.1. The zero-order chi connectivity index (χ0) is 17.2. The molecule has 0 saturated carbocycles. The number of hydrogen-bond acceptors (Lipinski definition) is 4. The number of para-hydroxylation sites is 1. The van der Waals surface area contributed by atoms with Crippen molar-refractivity contribution in [2.75, 3.05) is 24.9 Å². The molecule has 0 aromatic heterocycles. The monoisotopic (exact) mass is 348 g/mol. The molecule has 0 spiro atoms. The second-order valence-electron chi connectivity index (χ2n) is 6.88. The Morgan fingerprint density at radius 1 is 1.21 bits per heavy atom. The van der Waals surface area contributed by atoms with Crippen LogP contribution in [0.1, 0.15) is 32.1 Å². The molecule has 1 unspecified atom stereocenters. The average molecular weight is 349 g/mol. The molecular formula is C19H28N2O2S. The first kappa shape index (κ1) is 17.5. The number of anilines is 1. The van der Waals surface area contributed by atoms with Gasteiger partial charge in [-0.1, -0.05) is 30.4 Å². The Hall–Kier alpha value is -1.27. The van der Waals surface area contributed by atoms with Crippen molar-refractivity contribution in [2.24, 2.45) is 0 Å². The fraction of sp³-hybridized carbons (Fsp3) is 0.474. The Bertz CT molecular complexity index is 626. The van der Waals surface area contributed by atoms with Gasteiger partial charge in [-0.05, 0) is 70.5 Å². The average Bonchev–Trinajstić information content (AvgIpc) is 2.55. The van der Waals surface area contributed by atoms with Crippen molar-refractivity contribution in [3.63, 3.8) is 0 Å². The van der Waals surface area contributed by atoms with E-state index in [-0.39, 0.29) is 5.25 Å². The van der Waals surface area contributed by atoms with Gasteiger partial charge in [-0.2, -0.15) is 0 Å². The van der Waals surface area contributed by atoms with Gasteiger partial charge < -0.3 is 4.90 Å². The molecule has 0 radical (unpaired) electrons. The molecule has 2 N–H and O–H groups in total. The molecule has 2 aliphatic rings. The summed E-state index contributed by atoms with van der Waals surface area (Å²) in [5.41, 5.74) is 3.25. The first-order chi connectivity index (χ1) is 11.5. The van der Waals surface area contributed by atoms with E-state index in [9.17, 15) is 9.11 Å². The molecule has 24 heavy (non-hydrogen) atoms. The molecule has 3 rings (SSSR count). The van der Waals surface area contributed by atoms with Gasteiger partial charge in [0.15, 0.2) is 0 Å². The van der Waals surface area contributed by atoms with E-state index in [1.165, 1.54) is 5.57 Å². The highest BCUT2D eigenvalue weighted by molar-refractivity contribution is 8.26. The van der Waals surface area contributed by atoms with E-state index in [4.69, 9.17) is 0 Å². The minimum absolute atomic E-state index is 0.112. The molecule has 1 aliphatic carbocycles. The van der Waals surface area contributed by atoms with Crippen LogP contribution in [-0.2, 0) is 0 Å². The van der Waals surface area contributed by atoms with Crippen LogP contribution >= 0.6 is 10.8 Å². The van der Waals surface area contributed by atoms with Crippen LogP contribution in [-0.4, -0.2) is 39.9 Å². The molecule has 1 aliphatic heterocycles. The standard InChI is InChI=1S/C19H28N2O2S/c1-20(2)14-8-12-18-15-16-9-6-7-13-19(16)21(24(18,22)23)17-10-4-3-5-11-17/h3-6,9-11,18,22-23H,7-8,12-15H2,1-2H3. The summed E-state index contributed by atoms with van der Waals surface area (Å²) >= 11 is 0.